The van der Waals surface area contributed by atoms with E-state index in [1.807, 2.05) is 18.2 Å². The summed E-state index contributed by atoms with van der Waals surface area (Å²) in [4.78, 5) is 6.56. The number of hydrogen-bond acceptors (Lipinski definition) is 6. The first-order valence-corrected chi connectivity index (χ1v) is 10.6. The van der Waals surface area contributed by atoms with Gasteiger partial charge in [0.15, 0.2) is 5.82 Å². The van der Waals surface area contributed by atoms with Crippen LogP contribution in [0.2, 0.25) is 0 Å². The third-order valence-electron chi connectivity index (χ3n) is 5.90. The molecule has 0 spiro atoms. The van der Waals surface area contributed by atoms with Crippen molar-refractivity contribution in [3.05, 3.63) is 60.3 Å². The highest BCUT2D eigenvalue weighted by atomic mass is 16.5. The summed E-state index contributed by atoms with van der Waals surface area (Å²) in [5, 5.41) is 8.23. The first-order chi connectivity index (χ1) is 15.2. The molecule has 158 valence electrons. The molecule has 0 saturated carbocycles. The Bertz CT molecular complexity index is 1190. The molecule has 0 radical (unpaired) electrons. The third kappa shape index (κ3) is 4.10. The van der Waals surface area contributed by atoms with Crippen molar-refractivity contribution in [1.82, 2.24) is 20.1 Å². The number of ether oxygens (including phenoxy) is 1. The smallest absolute Gasteiger partial charge is 0.153 e. The molecule has 0 amide bonds. The molecule has 4 aromatic rings. The van der Waals surface area contributed by atoms with E-state index in [1.165, 1.54) is 5.56 Å². The Morgan fingerprint density at radius 3 is 2.52 bits per heavy atom. The average Bonchev–Trinajstić information content (AvgIpc) is 3.19. The highest BCUT2D eigenvalue weighted by Crippen LogP contribution is 2.35. The maximum atomic E-state index is 6.14. The van der Waals surface area contributed by atoms with E-state index in [-0.39, 0.29) is 0 Å². The fourth-order valence-electron chi connectivity index (χ4n) is 4.13. The summed E-state index contributed by atoms with van der Waals surface area (Å²) in [6, 6.07) is 16.8. The largest absolute Gasteiger partial charge is 0.384 e. The fraction of sp³-hybridized carbons (Fsp3) is 0.250. The molecule has 3 heterocycles. The first-order valence-electron chi connectivity index (χ1n) is 10.6. The van der Waals surface area contributed by atoms with Crippen LogP contribution in [0.1, 0.15) is 5.56 Å². The van der Waals surface area contributed by atoms with Crippen LogP contribution in [0.25, 0.3) is 33.2 Å². The quantitative estimate of drug-likeness (QED) is 0.463. The van der Waals surface area contributed by atoms with Crippen LogP contribution < -0.4 is 11.5 Å². The molecule has 0 bridgehead atoms. The van der Waals surface area contributed by atoms with Crippen LogP contribution in [0.15, 0.2) is 54.7 Å². The van der Waals surface area contributed by atoms with E-state index in [9.17, 15) is 0 Å². The second-order valence-corrected chi connectivity index (χ2v) is 7.93. The van der Waals surface area contributed by atoms with Crippen LogP contribution >= 0.6 is 0 Å². The summed E-state index contributed by atoms with van der Waals surface area (Å²) in [5.41, 5.74) is 18.5. The predicted molar refractivity (Wildman–Crippen MR) is 125 cm³/mol. The second kappa shape index (κ2) is 8.37. The normalized spacial score (nSPS) is 14.8. The number of nitrogens with one attached hydrogen (secondary N) is 1. The summed E-state index contributed by atoms with van der Waals surface area (Å²) in [5.74, 6) is 0.978. The van der Waals surface area contributed by atoms with Crippen molar-refractivity contribution >= 4 is 22.5 Å². The Morgan fingerprint density at radius 1 is 0.935 bits per heavy atom. The molecule has 1 aliphatic heterocycles. The number of anilines is 2. The highest BCUT2D eigenvalue weighted by Gasteiger charge is 2.14. The number of aromatic nitrogens is 3. The molecule has 0 aliphatic carbocycles. The van der Waals surface area contributed by atoms with Crippen LogP contribution in [0.4, 0.5) is 11.6 Å². The van der Waals surface area contributed by atoms with Gasteiger partial charge in [0.05, 0.1) is 18.7 Å². The number of aromatic amines is 1. The van der Waals surface area contributed by atoms with Crippen molar-refractivity contribution in [1.29, 1.82) is 0 Å². The number of nitrogen functional groups attached to an aromatic ring is 2. The summed E-state index contributed by atoms with van der Waals surface area (Å²) in [7, 11) is 0. The number of rotatable bonds is 5. The van der Waals surface area contributed by atoms with Crippen molar-refractivity contribution in [2.75, 3.05) is 44.3 Å². The van der Waals surface area contributed by atoms with E-state index < -0.39 is 0 Å². The number of hydrogen-bond donors (Lipinski definition) is 3. The van der Waals surface area contributed by atoms with Gasteiger partial charge in [0, 0.05) is 36.8 Å². The minimum Gasteiger partial charge on any atom is -0.384 e. The molecule has 2 aromatic carbocycles. The lowest BCUT2D eigenvalue weighted by Crippen LogP contribution is -2.37. The fourth-order valence-corrected chi connectivity index (χ4v) is 4.13. The van der Waals surface area contributed by atoms with Gasteiger partial charge in [0.1, 0.15) is 5.82 Å². The Labute approximate surface area is 181 Å². The van der Waals surface area contributed by atoms with Gasteiger partial charge in [-0.05, 0) is 52.9 Å². The van der Waals surface area contributed by atoms with Crippen molar-refractivity contribution in [3.8, 4) is 22.3 Å². The van der Waals surface area contributed by atoms with Gasteiger partial charge in [-0.1, -0.05) is 24.3 Å². The Hall–Kier alpha value is -3.42. The molecule has 5 rings (SSSR count). The molecule has 1 saturated heterocycles. The predicted octanol–water partition coefficient (Wildman–Crippen LogP) is 3.33. The molecule has 0 unspecified atom stereocenters. The number of nitrogens with zero attached hydrogens (tertiary/aromatic N) is 3. The van der Waals surface area contributed by atoms with E-state index in [1.54, 1.807) is 6.20 Å². The number of morpholine rings is 1. The summed E-state index contributed by atoms with van der Waals surface area (Å²) >= 11 is 0. The minimum atomic E-state index is 0.488. The van der Waals surface area contributed by atoms with Crippen molar-refractivity contribution in [2.45, 2.75) is 6.42 Å². The lowest BCUT2D eigenvalue weighted by atomic mass is 9.95. The van der Waals surface area contributed by atoms with Crippen LogP contribution in [0, 0.1) is 0 Å². The van der Waals surface area contributed by atoms with Gasteiger partial charge in [0.2, 0.25) is 0 Å². The van der Waals surface area contributed by atoms with Crippen molar-refractivity contribution in [3.63, 3.8) is 0 Å². The SMILES string of the molecule is Nc1cc(-c2cc(-c3ccc(CCN4CCOCC4)cc3)c3[nH]nc(N)c3c2)ccn1. The number of fused-ring (bicyclic) bond motifs is 1. The van der Waals surface area contributed by atoms with Crippen LogP contribution in [0.5, 0.6) is 0 Å². The first kappa shape index (κ1) is 19.5. The van der Waals surface area contributed by atoms with Gasteiger partial charge in [0.25, 0.3) is 0 Å². The standard InChI is InChI=1S/C24H26N6O/c25-22-15-18(5-7-27-22)19-13-20(23-21(14-19)24(26)29-28-23)17-3-1-16(2-4-17)6-8-30-9-11-31-12-10-30/h1-5,7,13-15H,6,8-12H2,(H2,25,27)(H3,26,28,29). The monoisotopic (exact) mass is 414 g/mol. The zero-order valence-electron chi connectivity index (χ0n) is 17.3. The number of nitrogens with two attached hydrogens (primary N) is 2. The maximum Gasteiger partial charge on any atom is 0.153 e. The van der Waals surface area contributed by atoms with Gasteiger partial charge in [-0.2, -0.15) is 5.10 Å². The summed E-state index contributed by atoms with van der Waals surface area (Å²) < 4.78 is 5.43. The van der Waals surface area contributed by atoms with Gasteiger partial charge < -0.3 is 16.2 Å². The van der Waals surface area contributed by atoms with E-state index >= 15 is 0 Å². The molecule has 5 N–H and O–H groups in total. The Morgan fingerprint density at radius 2 is 1.74 bits per heavy atom. The van der Waals surface area contributed by atoms with E-state index in [0.29, 0.717) is 11.6 Å². The zero-order valence-corrected chi connectivity index (χ0v) is 17.3. The Balaban J connectivity index is 1.46. The number of H-pyrrole nitrogens is 1. The molecule has 7 heteroatoms. The van der Waals surface area contributed by atoms with Gasteiger partial charge in [-0.25, -0.2) is 4.98 Å². The van der Waals surface area contributed by atoms with Crippen molar-refractivity contribution in [2.24, 2.45) is 0 Å². The third-order valence-corrected chi connectivity index (χ3v) is 5.90. The molecule has 1 aliphatic rings. The zero-order chi connectivity index (χ0) is 21.2. The topological polar surface area (TPSA) is 106 Å². The summed E-state index contributed by atoms with van der Waals surface area (Å²) in [6.07, 6.45) is 2.75. The molecule has 2 aromatic heterocycles. The van der Waals surface area contributed by atoms with Crippen LogP contribution in [-0.4, -0.2) is 52.9 Å². The van der Waals surface area contributed by atoms with E-state index in [0.717, 1.165) is 72.4 Å². The van der Waals surface area contributed by atoms with Gasteiger partial charge >= 0.3 is 0 Å². The number of benzene rings is 2. The molecule has 7 nitrogen and oxygen atoms in total. The highest BCUT2D eigenvalue weighted by molar-refractivity contribution is 6.02. The molecular weight excluding hydrogens is 388 g/mol. The molecule has 31 heavy (non-hydrogen) atoms. The maximum absolute atomic E-state index is 6.14. The van der Waals surface area contributed by atoms with Crippen LogP contribution in [0.3, 0.4) is 0 Å². The molecule has 1 fully saturated rings. The second-order valence-electron chi connectivity index (χ2n) is 7.93. The molecule has 0 atom stereocenters. The molecular formula is C24H26N6O. The van der Waals surface area contributed by atoms with E-state index in [4.69, 9.17) is 16.2 Å². The van der Waals surface area contributed by atoms with Gasteiger partial charge in [-0.15, -0.1) is 0 Å². The lowest BCUT2D eigenvalue weighted by Gasteiger charge is -2.26. The van der Waals surface area contributed by atoms with Crippen LogP contribution in [-0.2, 0) is 11.2 Å². The van der Waals surface area contributed by atoms with E-state index in [2.05, 4.69) is 50.4 Å². The minimum absolute atomic E-state index is 0.488. The average molecular weight is 415 g/mol. The lowest BCUT2D eigenvalue weighted by molar-refractivity contribution is 0.0384. The van der Waals surface area contributed by atoms with Gasteiger partial charge in [-0.3, -0.25) is 10.00 Å². The Kier molecular flexibility index (Phi) is 5.28. The number of pyridine rings is 1. The summed E-state index contributed by atoms with van der Waals surface area (Å²) in [6.45, 7) is 4.76. The van der Waals surface area contributed by atoms with Crippen molar-refractivity contribution < 1.29 is 4.74 Å².